The summed E-state index contributed by atoms with van der Waals surface area (Å²) < 4.78 is 1.93. The van der Waals surface area contributed by atoms with Gasteiger partial charge in [-0.25, -0.2) is 5.10 Å². The number of thiophene rings is 1. The molecule has 2 aromatic heterocycles. The van der Waals surface area contributed by atoms with Crippen LogP contribution >= 0.6 is 11.3 Å². The van der Waals surface area contributed by atoms with Crippen molar-refractivity contribution in [2.45, 2.75) is 13.3 Å². The second-order valence-corrected chi connectivity index (χ2v) is 4.71. The summed E-state index contributed by atoms with van der Waals surface area (Å²) in [5, 5.41) is 8.83. The standard InChI is InChI=1S/C12H10N2OS/c1-2-8-10-7-5-3-4-6-9(7)16-11(10)12(15)14-13-8/h3-6H,2H2,1H3,(H,14,15). The summed E-state index contributed by atoms with van der Waals surface area (Å²) in [5.74, 6) is 0. The summed E-state index contributed by atoms with van der Waals surface area (Å²) in [6.45, 7) is 2.05. The number of rotatable bonds is 1. The Hall–Kier alpha value is -1.68. The normalized spacial score (nSPS) is 11.3. The van der Waals surface area contributed by atoms with Gasteiger partial charge in [-0.1, -0.05) is 25.1 Å². The van der Waals surface area contributed by atoms with Crippen molar-refractivity contribution in [3.8, 4) is 0 Å². The number of nitrogens with one attached hydrogen (secondary N) is 1. The quantitative estimate of drug-likeness (QED) is 0.698. The lowest BCUT2D eigenvalue weighted by Crippen LogP contribution is -2.08. The van der Waals surface area contributed by atoms with E-state index >= 15 is 0 Å². The number of nitrogens with zero attached hydrogens (tertiary/aromatic N) is 1. The third-order valence-electron chi connectivity index (χ3n) is 2.72. The van der Waals surface area contributed by atoms with Crippen LogP contribution in [0, 0.1) is 0 Å². The Morgan fingerprint density at radius 3 is 3.00 bits per heavy atom. The van der Waals surface area contributed by atoms with Crippen LogP contribution in [-0.4, -0.2) is 10.2 Å². The van der Waals surface area contributed by atoms with Crippen molar-refractivity contribution < 1.29 is 0 Å². The van der Waals surface area contributed by atoms with Crippen molar-refractivity contribution in [3.63, 3.8) is 0 Å². The highest BCUT2D eigenvalue weighted by Gasteiger charge is 2.11. The van der Waals surface area contributed by atoms with Crippen molar-refractivity contribution in [2.24, 2.45) is 0 Å². The van der Waals surface area contributed by atoms with Gasteiger partial charge in [0.15, 0.2) is 0 Å². The van der Waals surface area contributed by atoms with E-state index < -0.39 is 0 Å². The van der Waals surface area contributed by atoms with Crippen LogP contribution in [0.4, 0.5) is 0 Å². The first-order valence-corrected chi connectivity index (χ1v) is 6.01. The number of hydrogen-bond donors (Lipinski definition) is 1. The fourth-order valence-corrected chi connectivity index (χ4v) is 3.09. The Bertz CT molecular complexity index is 727. The minimum atomic E-state index is -0.0894. The molecule has 3 rings (SSSR count). The number of H-pyrrole nitrogens is 1. The van der Waals surface area contributed by atoms with Gasteiger partial charge >= 0.3 is 0 Å². The molecule has 0 fully saturated rings. The molecule has 0 aliphatic rings. The van der Waals surface area contributed by atoms with E-state index in [9.17, 15) is 4.79 Å². The van der Waals surface area contributed by atoms with Crippen LogP contribution in [0.25, 0.3) is 20.2 Å². The lowest BCUT2D eigenvalue weighted by molar-refractivity contribution is 0.922. The zero-order valence-corrected chi connectivity index (χ0v) is 9.60. The smallest absolute Gasteiger partial charge is 0.266 e. The molecule has 2 heterocycles. The van der Waals surface area contributed by atoms with Gasteiger partial charge in [-0.05, 0) is 12.5 Å². The van der Waals surface area contributed by atoms with Gasteiger partial charge < -0.3 is 0 Å². The minimum Gasteiger partial charge on any atom is -0.266 e. The predicted molar refractivity (Wildman–Crippen MR) is 67.1 cm³/mol. The molecule has 0 amide bonds. The summed E-state index contributed by atoms with van der Waals surface area (Å²) >= 11 is 1.53. The van der Waals surface area contributed by atoms with Gasteiger partial charge in [0.1, 0.15) is 4.70 Å². The second kappa shape index (κ2) is 3.42. The van der Waals surface area contributed by atoms with E-state index in [0.29, 0.717) is 0 Å². The average Bonchev–Trinajstić information content (AvgIpc) is 2.70. The van der Waals surface area contributed by atoms with E-state index in [4.69, 9.17) is 0 Å². The zero-order chi connectivity index (χ0) is 11.1. The molecule has 0 atom stereocenters. The third kappa shape index (κ3) is 1.20. The number of benzene rings is 1. The van der Waals surface area contributed by atoms with Gasteiger partial charge in [0, 0.05) is 15.5 Å². The Balaban J connectivity index is 2.64. The van der Waals surface area contributed by atoms with Crippen molar-refractivity contribution in [1.82, 2.24) is 10.2 Å². The minimum absolute atomic E-state index is 0.0894. The molecular weight excluding hydrogens is 220 g/mol. The van der Waals surface area contributed by atoms with Gasteiger partial charge in [-0.2, -0.15) is 5.10 Å². The lowest BCUT2D eigenvalue weighted by atomic mass is 10.1. The van der Waals surface area contributed by atoms with Gasteiger partial charge in [0.2, 0.25) is 0 Å². The molecule has 0 saturated carbocycles. The number of fused-ring (bicyclic) bond motifs is 3. The molecule has 0 aliphatic carbocycles. The molecule has 80 valence electrons. The van der Waals surface area contributed by atoms with Crippen LogP contribution in [0.3, 0.4) is 0 Å². The highest BCUT2D eigenvalue weighted by Crippen LogP contribution is 2.32. The first-order chi connectivity index (χ1) is 7.81. The average molecular weight is 230 g/mol. The zero-order valence-electron chi connectivity index (χ0n) is 8.78. The van der Waals surface area contributed by atoms with Crippen LogP contribution in [-0.2, 0) is 6.42 Å². The summed E-state index contributed by atoms with van der Waals surface area (Å²) in [7, 11) is 0. The van der Waals surface area contributed by atoms with Gasteiger partial charge in [-0.3, -0.25) is 4.79 Å². The maximum Gasteiger partial charge on any atom is 0.282 e. The number of aromatic amines is 1. The van der Waals surface area contributed by atoms with E-state index in [1.165, 1.54) is 11.3 Å². The first-order valence-electron chi connectivity index (χ1n) is 5.20. The molecule has 0 radical (unpaired) electrons. The van der Waals surface area contributed by atoms with Crippen molar-refractivity contribution >= 4 is 31.5 Å². The van der Waals surface area contributed by atoms with E-state index in [1.54, 1.807) is 0 Å². The van der Waals surface area contributed by atoms with Crippen LogP contribution < -0.4 is 5.56 Å². The Morgan fingerprint density at radius 1 is 1.38 bits per heavy atom. The maximum absolute atomic E-state index is 11.7. The van der Waals surface area contributed by atoms with Gasteiger partial charge in [-0.15, -0.1) is 11.3 Å². The predicted octanol–water partition coefficient (Wildman–Crippen LogP) is 2.70. The monoisotopic (exact) mass is 230 g/mol. The van der Waals surface area contributed by atoms with Crippen LogP contribution in [0.1, 0.15) is 12.6 Å². The SMILES string of the molecule is CCc1n[nH]c(=O)c2sc3ccccc3c12. The molecular formula is C12H10N2OS. The van der Waals surface area contributed by atoms with Gasteiger partial charge in [0.25, 0.3) is 5.56 Å². The van der Waals surface area contributed by atoms with Crippen LogP contribution in [0.15, 0.2) is 29.1 Å². The van der Waals surface area contributed by atoms with Crippen LogP contribution in [0.5, 0.6) is 0 Å². The van der Waals surface area contributed by atoms with Crippen molar-refractivity contribution in [3.05, 3.63) is 40.3 Å². The molecule has 0 bridgehead atoms. The first kappa shape index (κ1) is 9.54. The Labute approximate surface area is 95.7 Å². The number of hydrogen-bond acceptors (Lipinski definition) is 3. The van der Waals surface area contributed by atoms with E-state index in [1.807, 2.05) is 25.1 Å². The fourth-order valence-electron chi connectivity index (χ4n) is 1.97. The van der Waals surface area contributed by atoms with E-state index in [0.717, 1.165) is 32.3 Å². The molecule has 0 unspecified atom stereocenters. The molecule has 0 saturated heterocycles. The maximum atomic E-state index is 11.7. The molecule has 0 spiro atoms. The summed E-state index contributed by atoms with van der Waals surface area (Å²) in [5.41, 5.74) is 0.875. The molecule has 1 aromatic carbocycles. The highest BCUT2D eigenvalue weighted by molar-refractivity contribution is 7.25. The summed E-state index contributed by atoms with van der Waals surface area (Å²) in [4.78, 5) is 11.7. The highest BCUT2D eigenvalue weighted by atomic mass is 32.1. The molecule has 16 heavy (non-hydrogen) atoms. The number of aryl methyl sites for hydroxylation is 1. The molecule has 0 aliphatic heterocycles. The fraction of sp³-hybridized carbons (Fsp3) is 0.167. The molecule has 3 nitrogen and oxygen atoms in total. The topological polar surface area (TPSA) is 45.8 Å². The second-order valence-electron chi connectivity index (χ2n) is 3.66. The van der Waals surface area contributed by atoms with Crippen molar-refractivity contribution in [1.29, 1.82) is 0 Å². The number of aromatic nitrogens is 2. The van der Waals surface area contributed by atoms with Crippen LogP contribution in [0.2, 0.25) is 0 Å². The Kier molecular flexibility index (Phi) is 2.04. The van der Waals surface area contributed by atoms with E-state index in [-0.39, 0.29) is 5.56 Å². The Morgan fingerprint density at radius 2 is 2.19 bits per heavy atom. The molecule has 4 heteroatoms. The summed E-state index contributed by atoms with van der Waals surface area (Å²) in [6, 6.07) is 8.08. The van der Waals surface area contributed by atoms with E-state index in [2.05, 4.69) is 16.3 Å². The molecule has 1 N–H and O–H groups in total. The largest absolute Gasteiger partial charge is 0.282 e. The molecule has 3 aromatic rings. The van der Waals surface area contributed by atoms with Gasteiger partial charge in [0.05, 0.1) is 5.69 Å². The summed E-state index contributed by atoms with van der Waals surface area (Å²) in [6.07, 6.45) is 0.827. The lowest BCUT2D eigenvalue weighted by Gasteiger charge is -1.97. The van der Waals surface area contributed by atoms with Crippen molar-refractivity contribution in [2.75, 3.05) is 0 Å². The third-order valence-corrected chi connectivity index (χ3v) is 3.89.